The number of hydrogen-bond donors (Lipinski definition) is 1. The summed E-state index contributed by atoms with van der Waals surface area (Å²) >= 11 is 0. The van der Waals surface area contributed by atoms with Crippen LogP contribution in [0.25, 0.3) is 11.1 Å². The molecule has 0 amide bonds. The highest BCUT2D eigenvalue weighted by Gasteiger charge is 2.21. The number of nitrogens with two attached hydrogens (primary N) is 1. The Balaban J connectivity index is 2.03. The van der Waals surface area contributed by atoms with Crippen molar-refractivity contribution < 1.29 is 21.9 Å². The van der Waals surface area contributed by atoms with Crippen molar-refractivity contribution in [3.05, 3.63) is 59.2 Å². The van der Waals surface area contributed by atoms with Crippen molar-refractivity contribution >= 4 is 21.2 Å². The van der Waals surface area contributed by atoms with Gasteiger partial charge in [-0.25, -0.2) is 22.3 Å². The number of primary sulfonamides is 1. The first-order chi connectivity index (χ1) is 12.3. The van der Waals surface area contributed by atoms with E-state index in [2.05, 4.69) is 0 Å². The van der Waals surface area contributed by atoms with E-state index < -0.39 is 16.4 Å². The predicted molar refractivity (Wildman–Crippen MR) is 96.4 cm³/mol. The second-order valence-electron chi connectivity index (χ2n) is 6.14. The van der Waals surface area contributed by atoms with Gasteiger partial charge in [0, 0.05) is 0 Å². The van der Waals surface area contributed by atoms with Gasteiger partial charge in [0.1, 0.15) is 5.75 Å². The topological polar surface area (TPSA) is 69.4 Å². The van der Waals surface area contributed by atoms with Crippen LogP contribution in [0.2, 0.25) is 0 Å². The monoisotopic (exact) mass is 379 g/mol. The second kappa shape index (κ2) is 7.17. The summed E-state index contributed by atoms with van der Waals surface area (Å²) in [6.45, 7) is 0. The molecule has 2 aromatic carbocycles. The summed E-state index contributed by atoms with van der Waals surface area (Å²) in [5, 5.41) is 5.13. The molecule has 7 heteroatoms. The van der Waals surface area contributed by atoms with Crippen LogP contribution in [0.1, 0.15) is 42.4 Å². The molecule has 0 radical (unpaired) electrons. The fraction of sp³-hybridized carbons (Fsp3) is 0.263. The van der Waals surface area contributed by atoms with Crippen molar-refractivity contribution in [2.75, 3.05) is 7.11 Å². The number of sulfonamides is 1. The molecule has 0 atom stereocenters. The Morgan fingerprint density at radius 2 is 1.58 bits per heavy atom. The van der Waals surface area contributed by atoms with Crippen LogP contribution in [-0.2, 0) is 10.0 Å². The first-order valence-electron chi connectivity index (χ1n) is 8.13. The molecule has 0 bridgehead atoms. The van der Waals surface area contributed by atoms with E-state index in [1.807, 2.05) is 0 Å². The van der Waals surface area contributed by atoms with Gasteiger partial charge < -0.3 is 4.74 Å². The average Bonchev–Trinajstić information content (AvgIpc) is 3.10. The van der Waals surface area contributed by atoms with E-state index in [1.165, 1.54) is 25.3 Å². The van der Waals surface area contributed by atoms with Crippen LogP contribution in [0.4, 0.5) is 8.78 Å². The number of allylic oxidation sites excluding steroid dienone is 2. The van der Waals surface area contributed by atoms with Crippen molar-refractivity contribution in [1.29, 1.82) is 0 Å². The number of halogens is 2. The summed E-state index contributed by atoms with van der Waals surface area (Å²) in [6, 6.07) is 11.1. The van der Waals surface area contributed by atoms with Gasteiger partial charge in [-0.1, -0.05) is 18.2 Å². The summed E-state index contributed by atoms with van der Waals surface area (Å²) in [4.78, 5) is 0.0596. The molecule has 138 valence electrons. The molecule has 26 heavy (non-hydrogen) atoms. The highest BCUT2D eigenvalue weighted by molar-refractivity contribution is 7.89. The minimum atomic E-state index is -3.73. The van der Waals surface area contributed by atoms with Gasteiger partial charge >= 0.3 is 0 Å². The Morgan fingerprint density at radius 3 is 2.12 bits per heavy atom. The van der Waals surface area contributed by atoms with Crippen LogP contribution in [0.5, 0.6) is 5.75 Å². The van der Waals surface area contributed by atoms with Gasteiger partial charge in [-0.3, -0.25) is 0 Å². The zero-order chi connectivity index (χ0) is 18.9. The lowest BCUT2D eigenvalue weighted by atomic mass is 9.96. The molecule has 1 aliphatic carbocycles. The van der Waals surface area contributed by atoms with Gasteiger partial charge in [-0.2, -0.15) is 0 Å². The van der Waals surface area contributed by atoms with E-state index in [-0.39, 0.29) is 16.2 Å². The fourth-order valence-electron chi connectivity index (χ4n) is 3.31. The van der Waals surface area contributed by atoms with Crippen LogP contribution in [0.3, 0.4) is 0 Å². The molecule has 3 rings (SSSR count). The Bertz CT molecular complexity index is 951. The number of benzene rings is 2. The second-order valence-corrected chi connectivity index (χ2v) is 7.70. The van der Waals surface area contributed by atoms with Gasteiger partial charge in [0.15, 0.2) is 0 Å². The molecule has 0 spiro atoms. The van der Waals surface area contributed by atoms with Crippen LogP contribution in [0.15, 0.2) is 47.4 Å². The zero-order valence-corrected chi connectivity index (χ0v) is 15.0. The van der Waals surface area contributed by atoms with E-state index in [1.54, 1.807) is 24.3 Å². The quantitative estimate of drug-likeness (QED) is 0.838. The van der Waals surface area contributed by atoms with Crippen molar-refractivity contribution in [1.82, 2.24) is 0 Å². The smallest absolute Gasteiger partial charge is 0.267 e. The van der Waals surface area contributed by atoms with E-state index in [4.69, 9.17) is 9.88 Å². The maximum Gasteiger partial charge on any atom is 0.267 e. The molecule has 0 saturated carbocycles. The number of rotatable bonds is 5. The molecule has 0 saturated heterocycles. The lowest BCUT2D eigenvalue weighted by Crippen LogP contribution is -2.11. The van der Waals surface area contributed by atoms with Crippen molar-refractivity contribution in [2.45, 2.75) is 30.6 Å². The summed E-state index contributed by atoms with van der Waals surface area (Å²) in [5.74, 6) is 0.167. The lowest BCUT2D eigenvalue weighted by molar-refractivity contribution is 0.147. The summed E-state index contributed by atoms with van der Waals surface area (Å²) in [6.07, 6.45) is 0.00854. The van der Waals surface area contributed by atoms with Gasteiger partial charge in [0.25, 0.3) is 6.43 Å². The minimum Gasteiger partial charge on any atom is -0.496 e. The molecular formula is C19H19F2NO3S. The molecule has 2 N–H and O–H groups in total. The lowest BCUT2D eigenvalue weighted by Gasteiger charge is -2.13. The largest absolute Gasteiger partial charge is 0.496 e. The molecule has 1 aliphatic rings. The van der Waals surface area contributed by atoms with E-state index in [9.17, 15) is 17.2 Å². The van der Waals surface area contributed by atoms with E-state index >= 15 is 0 Å². The molecule has 0 aliphatic heterocycles. The van der Waals surface area contributed by atoms with Crippen LogP contribution < -0.4 is 9.88 Å². The predicted octanol–water partition coefficient (Wildman–Crippen LogP) is 4.37. The highest BCUT2D eigenvalue weighted by atomic mass is 32.2. The van der Waals surface area contributed by atoms with Gasteiger partial charge in [0.05, 0.1) is 17.6 Å². The average molecular weight is 379 g/mol. The van der Waals surface area contributed by atoms with Crippen molar-refractivity contribution in [2.24, 2.45) is 5.14 Å². The Hall–Kier alpha value is -2.25. The Morgan fingerprint density at radius 1 is 1.00 bits per heavy atom. The SMILES string of the molecule is COc1cc(C2=C(c3ccc(S(N)(=O)=O)cc3)CCC2)ccc1C(F)F. The number of alkyl halides is 2. The minimum absolute atomic E-state index is 0.0596. The van der Waals surface area contributed by atoms with E-state index in [0.29, 0.717) is 0 Å². The molecule has 0 unspecified atom stereocenters. The fourth-order valence-corrected chi connectivity index (χ4v) is 3.82. The summed E-state index contributed by atoms with van der Waals surface area (Å²) in [5.41, 5.74) is 3.76. The third kappa shape index (κ3) is 3.64. The number of hydrogen-bond acceptors (Lipinski definition) is 3. The van der Waals surface area contributed by atoms with Crippen molar-refractivity contribution in [3.8, 4) is 5.75 Å². The molecule has 0 fully saturated rings. The first-order valence-corrected chi connectivity index (χ1v) is 9.67. The summed E-state index contributed by atoms with van der Waals surface area (Å²) in [7, 11) is -2.36. The Kier molecular flexibility index (Phi) is 5.11. The first kappa shape index (κ1) is 18.5. The standard InChI is InChI=1S/C19H19F2NO3S/c1-25-18-11-13(7-10-17(18)19(20)21)16-4-2-3-15(16)12-5-8-14(9-6-12)26(22,23)24/h5-11,19H,2-4H2,1H3,(H2,22,23,24). The maximum atomic E-state index is 13.0. The molecule has 0 heterocycles. The van der Waals surface area contributed by atoms with Gasteiger partial charge in [-0.15, -0.1) is 0 Å². The molecule has 2 aromatic rings. The number of methoxy groups -OCH3 is 1. The number of ether oxygens (including phenoxy) is 1. The van der Waals surface area contributed by atoms with Crippen LogP contribution in [-0.4, -0.2) is 15.5 Å². The van der Waals surface area contributed by atoms with Gasteiger partial charge in [-0.05, 0) is 65.8 Å². The zero-order valence-electron chi connectivity index (χ0n) is 14.2. The molecule has 4 nitrogen and oxygen atoms in total. The highest BCUT2D eigenvalue weighted by Crippen LogP contribution is 2.42. The third-order valence-corrected chi connectivity index (χ3v) is 5.50. The maximum absolute atomic E-state index is 13.0. The van der Waals surface area contributed by atoms with Crippen LogP contribution >= 0.6 is 0 Å². The van der Waals surface area contributed by atoms with Crippen LogP contribution in [0, 0.1) is 0 Å². The third-order valence-electron chi connectivity index (χ3n) is 4.57. The van der Waals surface area contributed by atoms with Gasteiger partial charge in [0.2, 0.25) is 10.0 Å². The molecule has 0 aromatic heterocycles. The van der Waals surface area contributed by atoms with Crippen molar-refractivity contribution in [3.63, 3.8) is 0 Å². The normalized spacial score (nSPS) is 15.0. The molecular weight excluding hydrogens is 360 g/mol. The Labute approximate surface area is 151 Å². The summed E-state index contributed by atoms with van der Waals surface area (Å²) < 4.78 is 54.0. The van der Waals surface area contributed by atoms with E-state index in [0.717, 1.165) is 41.5 Å².